The van der Waals surface area contributed by atoms with E-state index < -0.39 is 5.79 Å². The first kappa shape index (κ1) is 7.54. The first-order valence-corrected chi connectivity index (χ1v) is 3.46. The molecule has 0 amide bonds. The Bertz CT molecular complexity index is 140. The van der Waals surface area contributed by atoms with E-state index in [-0.39, 0.29) is 5.97 Å². The van der Waals surface area contributed by atoms with E-state index in [9.17, 15) is 4.79 Å². The first-order valence-electron chi connectivity index (χ1n) is 3.46. The molecule has 0 unspecified atom stereocenters. The van der Waals surface area contributed by atoms with Gasteiger partial charge in [0.1, 0.15) is 0 Å². The zero-order valence-electron chi connectivity index (χ0n) is 6.35. The molecule has 0 aromatic heterocycles. The second-order valence-electron chi connectivity index (χ2n) is 2.83. The van der Waals surface area contributed by atoms with Gasteiger partial charge in [-0.25, -0.2) is 0 Å². The smallest absolute Gasteiger partial charge is 0.308 e. The number of hydrogen-bond donors (Lipinski definition) is 0. The molecule has 0 saturated carbocycles. The summed E-state index contributed by atoms with van der Waals surface area (Å²) in [5, 5.41) is 0. The number of cyclic esters (lactones) is 1. The quantitative estimate of drug-likeness (QED) is 0.477. The Labute approximate surface area is 60.3 Å². The Balaban J connectivity index is 2.54. The molecule has 3 nitrogen and oxygen atoms in total. The molecule has 0 spiro atoms. The molecule has 1 aliphatic rings. The van der Waals surface area contributed by atoms with Crippen LogP contribution in [0.2, 0.25) is 0 Å². The number of ether oxygens (including phenoxy) is 2. The summed E-state index contributed by atoms with van der Waals surface area (Å²) in [5.74, 6) is -0.879. The standard InChI is InChI=1S/C7H12O3/c1-7(2)9-5-3-4-6(8)10-7/h3-5H2,1-2H3. The third-order valence-corrected chi connectivity index (χ3v) is 1.33. The lowest BCUT2D eigenvalue weighted by atomic mass is 10.3. The molecule has 0 radical (unpaired) electrons. The van der Waals surface area contributed by atoms with Crippen molar-refractivity contribution in [3.05, 3.63) is 0 Å². The number of carbonyl (C=O) groups excluding carboxylic acids is 1. The van der Waals surface area contributed by atoms with Gasteiger partial charge in [-0.2, -0.15) is 0 Å². The maximum Gasteiger partial charge on any atom is 0.308 e. The minimum Gasteiger partial charge on any atom is -0.434 e. The van der Waals surface area contributed by atoms with Crippen LogP contribution in [0.25, 0.3) is 0 Å². The van der Waals surface area contributed by atoms with Gasteiger partial charge in [-0.05, 0) is 6.42 Å². The van der Waals surface area contributed by atoms with E-state index in [1.54, 1.807) is 13.8 Å². The summed E-state index contributed by atoms with van der Waals surface area (Å²) in [6.45, 7) is 4.10. The van der Waals surface area contributed by atoms with Crippen molar-refractivity contribution in [2.75, 3.05) is 6.61 Å². The highest BCUT2D eigenvalue weighted by Crippen LogP contribution is 2.16. The molecule has 0 bridgehead atoms. The molecule has 0 aromatic rings. The van der Waals surface area contributed by atoms with Crippen LogP contribution in [0, 0.1) is 0 Å². The summed E-state index contributed by atoms with van der Waals surface area (Å²) in [5.41, 5.74) is 0. The van der Waals surface area contributed by atoms with Crippen LogP contribution < -0.4 is 0 Å². The highest BCUT2D eigenvalue weighted by atomic mass is 16.7. The Morgan fingerprint density at radius 1 is 1.50 bits per heavy atom. The van der Waals surface area contributed by atoms with Gasteiger partial charge in [0.25, 0.3) is 0 Å². The van der Waals surface area contributed by atoms with Crippen molar-refractivity contribution in [1.29, 1.82) is 0 Å². The van der Waals surface area contributed by atoms with Crippen molar-refractivity contribution >= 4 is 5.97 Å². The van der Waals surface area contributed by atoms with Crippen molar-refractivity contribution in [1.82, 2.24) is 0 Å². The normalized spacial score (nSPS) is 25.2. The van der Waals surface area contributed by atoms with Gasteiger partial charge in [-0.15, -0.1) is 0 Å². The number of rotatable bonds is 0. The van der Waals surface area contributed by atoms with E-state index in [4.69, 9.17) is 9.47 Å². The minimum absolute atomic E-state index is 0.164. The van der Waals surface area contributed by atoms with Crippen molar-refractivity contribution in [2.45, 2.75) is 32.5 Å². The van der Waals surface area contributed by atoms with Gasteiger partial charge in [-0.3, -0.25) is 4.79 Å². The van der Waals surface area contributed by atoms with Crippen LogP contribution >= 0.6 is 0 Å². The molecule has 1 fully saturated rings. The molecule has 58 valence electrons. The largest absolute Gasteiger partial charge is 0.434 e. The van der Waals surface area contributed by atoms with Crippen LogP contribution in [-0.4, -0.2) is 18.4 Å². The molecule has 3 heteroatoms. The Hall–Kier alpha value is -0.570. The van der Waals surface area contributed by atoms with Gasteiger partial charge in [0.15, 0.2) is 0 Å². The van der Waals surface area contributed by atoms with Crippen LogP contribution in [0.4, 0.5) is 0 Å². The van der Waals surface area contributed by atoms with Crippen molar-refractivity contribution < 1.29 is 14.3 Å². The molecular formula is C7H12O3. The zero-order valence-corrected chi connectivity index (χ0v) is 6.35. The van der Waals surface area contributed by atoms with Gasteiger partial charge in [-0.1, -0.05) is 0 Å². The fourth-order valence-corrected chi connectivity index (χ4v) is 0.889. The van der Waals surface area contributed by atoms with Crippen LogP contribution in [-0.2, 0) is 14.3 Å². The Morgan fingerprint density at radius 3 is 2.90 bits per heavy atom. The molecular weight excluding hydrogens is 132 g/mol. The van der Waals surface area contributed by atoms with E-state index in [0.717, 1.165) is 6.42 Å². The monoisotopic (exact) mass is 144 g/mol. The topological polar surface area (TPSA) is 35.5 Å². The fourth-order valence-electron chi connectivity index (χ4n) is 0.889. The number of carbonyl (C=O) groups is 1. The van der Waals surface area contributed by atoms with Crippen LogP contribution in [0.1, 0.15) is 26.7 Å². The fraction of sp³-hybridized carbons (Fsp3) is 0.857. The third-order valence-electron chi connectivity index (χ3n) is 1.33. The van der Waals surface area contributed by atoms with E-state index in [1.165, 1.54) is 0 Å². The number of hydrogen-bond acceptors (Lipinski definition) is 3. The third kappa shape index (κ3) is 1.99. The van der Waals surface area contributed by atoms with Gasteiger partial charge in [0.05, 0.1) is 6.61 Å². The molecule has 10 heavy (non-hydrogen) atoms. The lowest BCUT2D eigenvalue weighted by molar-refractivity contribution is -0.206. The van der Waals surface area contributed by atoms with Crippen LogP contribution in [0.3, 0.4) is 0 Å². The van der Waals surface area contributed by atoms with Gasteiger partial charge in [0.2, 0.25) is 5.79 Å². The zero-order chi connectivity index (χ0) is 7.61. The second kappa shape index (κ2) is 2.58. The maximum atomic E-state index is 10.8. The molecule has 1 saturated heterocycles. The van der Waals surface area contributed by atoms with Gasteiger partial charge >= 0.3 is 5.97 Å². The van der Waals surface area contributed by atoms with E-state index in [2.05, 4.69) is 0 Å². The van der Waals surface area contributed by atoms with E-state index in [1.807, 2.05) is 0 Å². The molecule has 0 aromatic carbocycles. The molecule has 1 rings (SSSR count). The average Bonchev–Trinajstić information content (AvgIpc) is 1.90. The Morgan fingerprint density at radius 2 is 2.20 bits per heavy atom. The predicted molar refractivity (Wildman–Crippen MR) is 35.4 cm³/mol. The highest BCUT2D eigenvalue weighted by molar-refractivity contribution is 5.69. The minimum atomic E-state index is -0.715. The summed E-state index contributed by atoms with van der Waals surface area (Å²) in [6.07, 6.45) is 1.24. The number of esters is 1. The first-order chi connectivity index (χ1) is 4.60. The van der Waals surface area contributed by atoms with Crippen molar-refractivity contribution in [2.24, 2.45) is 0 Å². The van der Waals surface area contributed by atoms with Gasteiger partial charge < -0.3 is 9.47 Å². The van der Waals surface area contributed by atoms with Gasteiger partial charge in [0, 0.05) is 20.3 Å². The maximum absolute atomic E-state index is 10.8. The molecule has 0 atom stereocenters. The van der Waals surface area contributed by atoms with Crippen LogP contribution in [0.15, 0.2) is 0 Å². The van der Waals surface area contributed by atoms with Crippen molar-refractivity contribution in [3.8, 4) is 0 Å². The molecule has 1 heterocycles. The Kier molecular flexibility index (Phi) is 1.94. The summed E-state index contributed by atoms with van der Waals surface area (Å²) in [6, 6.07) is 0. The summed E-state index contributed by atoms with van der Waals surface area (Å²) < 4.78 is 10.2. The lowest BCUT2D eigenvalue weighted by Crippen LogP contribution is -2.28. The van der Waals surface area contributed by atoms with E-state index >= 15 is 0 Å². The second-order valence-corrected chi connectivity index (χ2v) is 2.83. The average molecular weight is 144 g/mol. The van der Waals surface area contributed by atoms with E-state index in [0.29, 0.717) is 13.0 Å². The molecule has 0 aliphatic carbocycles. The summed E-state index contributed by atoms with van der Waals surface area (Å²) in [4.78, 5) is 10.8. The SMILES string of the molecule is CC1(C)OCCCC(=O)O1. The van der Waals surface area contributed by atoms with Crippen molar-refractivity contribution in [3.63, 3.8) is 0 Å². The lowest BCUT2D eigenvalue weighted by Gasteiger charge is -2.21. The molecule has 1 aliphatic heterocycles. The van der Waals surface area contributed by atoms with Crippen LogP contribution in [0.5, 0.6) is 0 Å². The molecule has 0 N–H and O–H groups in total. The summed E-state index contributed by atoms with van der Waals surface area (Å²) in [7, 11) is 0. The predicted octanol–water partition coefficient (Wildman–Crippen LogP) is 1.08. The highest BCUT2D eigenvalue weighted by Gasteiger charge is 2.25. The summed E-state index contributed by atoms with van der Waals surface area (Å²) >= 11 is 0.